The van der Waals surface area contributed by atoms with Crippen LogP contribution in [0, 0.1) is 6.92 Å². The molecule has 1 aliphatic heterocycles. The molecule has 0 fully saturated rings. The van der Waals surface area contributed by atoms with Crippen LogP contribution >= 0.6 is 0 Å². The van der Waals surface area contributed by atoms with Crippen molar-refractivity contribution in [3.63, 3.8) is 0 Å². The second kappa shape index (κ2) is 6.64. The number of aryl methyl sites for hydroxylation is 1. The minimum atomic E-state index is -4.07. The Labute approximate surface area is 150 Å². The Morgan fingerprint density at radius 1 is 1.31 bits per heavy atom. The zero-order valence-electron chi connectivity index (χ0n) is 14.3. The average molecular weight is 376 g/mol. The molecule has 2 heterocycles. The highest BCUT2D eigenvalue weighted by molar-refractivity contribution is 7.88. The average Bonchev–Trinajstić information content (AvgIpc) is 3.01. The van der Waals surface area contributed by atoms with E-state index in [1.165, 1.54) is 26.3 Å². The number of para-hydroxylation sites is 1. The SMILES string of the molecule is COc1ccccc1C1=NS(=O)(=O)N(C)C(C(=O)Nc2cc(C)on2)=C1. The molecule has 1 amide bonds. The number of nitrogens with zero attached hydrogens (tertiary/aromatic N) is 3. The fourth-order valence-corrected chi connectivity index (χ4v) is 3.26. The van der Waals surface area contributed by atoms with Crippen LogP contribution in [0.5, 0.6) is 5.75 Å². The zero-order chi connectivity index (χ0) is 18.9. The van der Waals surface area contributed by atoms with Crippen LogP contribution < -0.4 is 10.1 Å². The van der Waals surface area contributed by atoms with Gasteiger partial charge in [0.2, 0.25) is 0 Å². The zero-order valence-corrected chi connectivity index (χ0v) is 15.1. The lowest BCUT2D eigenvalue weighted by Gasteiger charge is -2.23. The van der Waals surface area contributed by atoms with Crippen molar-refractivity contribution in [1.82, 2.24) is 9.46 Å². The van der Waals surface area contributed by atoms with Crippen molar-refractivity contribution in [2.45, 2.75) is 6.92 Å². The van der Waals surface area contributed by atoms with Crippen molar-refractivity contribution in [1.29, 1.82) is 0 Å². The van der Waals surface area contributed by atoms with Gasteiger partial charge in [-0.3, -0.25) is 4.79 Å². The summed E-state index contributed by atoms with van der Waals surface area (Å²) in [4.78, 5) is 12.6. The normalized spacial score (nSPS) is 15.9. The fraction of sp³-hybridized carbons (Fsp3) is 0.188. The molecule has 0 saturated heterocycles. The molecule has 0 saturated carbocycles. The third kappa shape index (κ3) is 3.31. The van der Waals surface area contributed by atoms with E-state index in [0.717, 1.165) is 4.31 Å². The summed E-state index contributed by atoms with van der Waals surface area (Å²) < 4.78 is 39.5. The van der Waals surface area contributed by atoms with Crippen molar-refractivity contribution in [2.24, 2.45) is 4.40 Å². The molecular formula is C16H16N4O5S. The number of amides is 1. The fourth-order valence-electron chi connectivity index (χ4n) is 2.35. The number of rotatable bonds is 4. The molecule has 0 spiro atoms. The van der Waals surface area contributed by atoms with Crippen LogP contribution in [-0.4, -0.2) is 43.7 Å². The van der Waals surface area contributed by atoms with Crippen LogP contribution in [0.15, 0.2) is 51.0 Å². The number of likely N-dealkylation sites (N-methyl/N-ethyl adjacent to an activating group) is 1. The topological polar surface area (TPSA) is 114 Å². The number of hydrogen-bond donors (Lipinski definition) is 1. The van der Waals surface area contributed by atoms with E-state index in [0.29, 0.717) is 17.1 Å². The van der Waals surface area contributed by atoms with E-state index in [-0.39, 0.29) is 17.2 Å². The molecule has 26 heavy (non-hydrogen) atoms. The maximum atomic E-state index is 12.6. The van der Waals surface area contributed by atoms with E-state index in [4.69, 9.17) is 9.26 Å². The number of allylic oxidation sites excluding steroid dienone is 1. The van der Waals surface area contributed by atoms with Gasteiger partial charge in [-0.25, -0.2) is 4.31 Å². The van der Waals surface area contributed by atoms with E-state index in [1.807, 2.05) is 0 Å². The first-order valence-electron chi connectivity index (χ1n) is 7.50. The quantitative estimate of drug-likeness (QED) is 0.865. The van der Waals surface area contributed by atoms with Crippen molar-refractivity contribution < 1.29 is 22.5 Å². The van der Waals surface area contributed by atoms with Gasteiger partial charge in [-0.2, -0.15) is 8.42 Å². The van der Waals surface area contributed by atoms with Gasteiger partial charge in [-0.15, -0.1) is 4.40 Å². The third-order valence-corrected chi connectivity index (χ3v) is 4.97. The monoisotopic (exact) mass is 376 g/mol. The summed E-state index contributed by atoms with van der Waals surface area (Å²) in [6.07, 6.45) is 1.38. The van der Waals surface area contributed by atoms with Crippen LogP contribution in [0.2, 0.25) is 0 Å². The highest BCUT2D eigenvalue weighted by atomic mass is 32.2. The van der Waals surface area contributed by atoms with E-state index in [2.05, 4.69) is 14.9 Å². The van der Waals surface area contributed by atoms with Crippen LogP contribution in [0.3, 0.4) is 0 Å². The molecule has 1 N–H and O–H groups in total. The van der Waals surface area contributed by atoms with Crippen molar-refractivity contribution in [3.8, 4) is 5.75 Å². The third-order valence-electron chi connectivity index (χ3n) is 3.66. The lowest BCUT2D eigenvalue weighted by atomic mass is 10.1. The van der Waals surface area contributed by atoms with Crippen molar-refractivity contribution >= 4 is 27.6 Å². The Balaban J connectivity index is 2.02. The molecular weight excluding hydrogens is 360 g/mol. The number of methoxy groups -OCH3 is 1. The molecule has 10 heteroatoms. The van der Waals surface area contributed by atoms with Crippen LogP contribution in [0.1, 0.15) is 11.3 Å². The molecule has 3 rings (SSSR count). The Kier molecular flexibility index (Phi) is 4.51. The minimum absolute atomic E-state index is 0.0991. The predicted octanol–water partition coefficient (Wildman–Crippen LogP) is 1.49. The number of aromatic nitrogens is 1. The van der Waals surface area contributed by atoms with Gasteiger partial charge in [0, 0.05) is 18.7 Å². The minimum Gasteiger partial charge on any atom is -0.496 e. The molecule has 0 aliphatic carbocycles. The number of hydrogen-bond acceptors (Lipinski definition) is 6. The highest BCUT2D eigenvalue weighted by Gasteiger charge is 2.31. The Hall–Kier alpha value is -3.14. The van der Waals surface area contributed by atoms with Crippen LogP contribution in [-0.2, 0) is 15.0 Å². The van der Waals surface area contributed by atoms with E-state index < -0.39 is 16.1 Å². The van der Waals surface area contributed by atoms with Crippen LogP contribution in [0.4, 0.5) is 5.82 Å². The standard InChI is InChI=1S/C16H16N4O5S/c1-10-8-15(18-25-10)17-16(21)13-9-12(19-26(22,23)20(13)2)11-6-4-5-7-14(11)24-3/h4-9H,1-3H3,(H,17,18,21). The molecule has 1 aromatic carbocycles. The molecule has 0 unspecified atom stereocenters. The second-order valence-corrected chi connectivity index (χ2v) is 7.05. The molecule has 1 aromatic heterocycles. The highest BCUT2D eigenvalue weighted by Crippen LogP contribution is 2.25. The lowest BCUT2D eigenvalue weighted by molar-refractivity contribution is -0.113. The van der Waals surface area contributed by atoms with Crippen molar-refractivity contribution in [3.05, 3.63) is 53.4 Å². The first-order valence-corrected chi connectivity index (χ1v) is 8.90. The maximum Gasteiger partial charge on any atom is 0.345 e. The van der Waals surface area contributed by atoms with Gasteiger partial charge in [0.1, 0.15) is 17.2 Å². The maximum absolute atomic E-state index is 12.6. The number of carbonyl (C=O) groups is 1. The van der Waals surface area contributed by atoms with Gasteiger partial charge in [-0.1, -0.05) is 17.3 Å². The first-order chi connectivity index (χ1) is 12.3. The molecule has 9 nitrogen and oxygen atoms in total. The summed E-state index contributed by atoms with van der Waals surface area (Å²) in [5, 5.41) is 6.16. The number of nitrogens with one attached hydrogen (secondary N) is 1. The molecule has 2 aromatic rings. The smallest absolute Gasteiger partial charge is 0.345 e. The van der Waals surface area contributed by atoms with Gasteiger partial charge in [0.05, 0.1) is 12.8 Å². The van der Waals surface area contributed by atoms with Gasteiger partial charge in [0.25, 0.3) is 5.91 Å². The molecule has 0 atom stereocenters. The lowest BCUT2D eigenvalue weighted by Crippen LogP contribution is -2.35. The Bertz CT molecular complexity index is 1020. The van der Waals surface area contributed by atoms with Crippen molar-refractivity contribution in [2.75, 3.05) is 19.5 Å². The summed E-state index contributed by atoms with van der Waals surface area (Å²) in [6, 6.07) is 8.32. The molecule has 136 valence electrons. The summed E-state index contributed by atoms with van der Waals surface area (Å²) in [6.45, 7) is 1.67. The van der Waals surface area contributed by atoms with Gasteiger partial charge >= 0.3 is 10.2 Å². The Morgan fingerprint density at radius 3 is 2.69 bits per heavy atom. The van der Waals surface area contributed by atoms with Crippen LogP contribution in [0.25, 0.3) is 0 Å². The predicted molar refractivity (Wildman–Crippen MR) is 94.2 cm³/mol. The van der Waals surface area contributed by atoms with E-state index >= 15 is 0 Å². The summed E-state index contributed by atoms with van der Waals surface area (Å²) in [5.41, 5.74) is 0.442. The van der Waals surface area contributed by atoms with E-state index in [9.17, 15) is 13.2 Å². The largest absolute Gasteiger partial charge is 0.496 e. The summed E-state index contributed by atoms with van der Waals surface area (Å²) in [5.74, 6) is 0.469. The molecule has 0 bridgehead atoms. The number of benzene rings is 1. The first kappa shape index (κ1) is 17.7. The summed E-state index contributed by atoms with van der Waals surface area (Å²) >= 11 is 0. The van der Waals surface area contributed by atoms with Gasteiger partial charge in [-0.05, 0) is 25.1 Å². The number of anilines is 1. The molecule has 1 aliphatic rings. The van der Waals surface area contributed by atoms with E-state index in [1.54, 1.807) is 31.2 Å². The second-order valence-electron chi connectivity index (χ2n) is 5.43. The van der Waals surface area contributed by atoms with Gasteiger partial charge in [0.15, 0.2) is 5.82 Å². The number of carbonyl (C=O) groups excluding carboxylic acids is 1. The number of ether oxygens (including phenoxy) is 1. The summed E-state index contributed by atoms with van der Waals surface area (Å²) in [7, 11) is -1.36. The molecule has 0 radical (unpaired) electrons. The Morgan fingerprint density at radius 2 is 2.04 bits per heavy atom. The van der Waals surface area contributed by atoms with Gasteiger partial charge < -0.3 is 14.6 Å².